The number of halogens is 1. The van der Waals surface area contributed by atoms with Crippen molar-refractivity contribution in [3.8, 4) is 6.07 Å². The molecule has 0 unspecified atom stereocenters. The summed E-state index contributed by atoms with van der Waals surface area (Å²) >= 11 is 0. The molecule has 106 valence electrons. The highest BCUT2D eigenvalue weighted by Crippen LogP contribution is 2.11. The number of anilines is 2. The minimum atomic E-state index is -0.353. The number of hydrogen-bond donors (Lipinski definition) is 2. The molecule has 0 heterocycles. The molecule has 0 spiro atoms. The first kappa shape index (κ1) is 14.5. The largest absolute Gasteiger partial charge is 0.376 e. The third-order valence-electron chi connectivity index (χ3n) is 2.80. The highest BCUT2D eigenvalue weighted by Gasteiger charge is 2.03. The fourth-order valence-corrected chi connectivity index (χ4v) is 1.78. The van der Waals surface area contributed by atoms with Crippen LogP contribution in [0, 0.1) is 17.1 Å². The van der Waals surface area contributed by atoms with Crippen molar-refractivity contribution in [2.45, 2.75) is 6.42 Å². The molecule has 0 radical (unpaired) electrons. The van der Waals surface area contributed by atoms with Gasteiger partial charge in [-0.25, -0.2) is 4.39 Å². The van der Waals surface area contributed by atoms with Crippen molar-refractivity contribution in [2.24, 2.45) is 0 Å². The van der Waals surface area contributed by atoms with Gasteiger partial charge in [0.05, 0.1) is 19.0 Å². The number of nitriles is 1. The number of nitrogens with zero attached hydrogens (tertiary/aromatic N) is 1. The third kappa shape index (κ3) is 4.62. The molecule has 4 nitrogen and oxygen atoms in total. The summed E-state index contributed by atoms with van der Waals surface area (Å²) in [6, 6.07) is 15.1. The number of carbonyl (C=O) groups excluding carboxylic acids is 1. The van der Waals surface area contributed by atoms with Gasteiger partial charge < -0.3 is 10.6 Å². The van der Waals surface area contributed by atoms with E-state index in [1.54, 1.807) is 36.4 Å². The van der Waals surface area contributed by atoms with Gasteiger partial charge in [0.25, 0.3) is 0 Å². The van der Waals surface area contributed by atoms with Gasteiger partial charge in [0.2, 0.25) is 5.91 Å². The monoisotopic (exact) mass is 283 g/mol. The van der Waals surface area contributed by atoms with E-state index in [9.17, 15) is 9.18 Å². The second-order valence-corrected chi connectivity index (χ2v) is 4.44. The number of carbonyl (C=O) groups is 1. The maximum atomic E-state index is 13.0. The Balaban J connectivity index is 1.85. The maximum absolute atomic E-state index is 13.0. The van der Waals surface area contributed by atoms with Crippen LogP contribution in [0.2, 0.25) is 0 Å². The van der Waals surface area contributed by atoms with Crippen molar-refractivity contribution in [3.05, 3.63) is 59.9 Å². The molecule has 0 saturated heterocycles. The van der Waals surface area contributed by atoms with Crippen molar-refractivity contribution in [3.63, 3.8) is 0 Å². The lowest BCUT2D eigenvalue weighted by molar-refractivity contribution is -0.114. The van der Waals surface area contributed by atoms with Crippen molar-refractivity contribution in [1.82, 2.24) is 0 Å². The zero-order valence-electron chi connectivity index (χ0n) is 11.3. The number of hydrogen-bond acceptors (Lipinski definition) is 3. The van der Waals surface area contributed by atoms with Crippen molar-refractivity contribution in [2.75, 3.05) is 17.2 Å². The molecule has 21 heavy (non-hydrogen) atoms. The summed E-state index contributed by atoms with van der Waals surface area (Å²) in [7, 11) is 0. The summed E-state index contributed by atoms with van der Waals surface area (Å²) in [5, 5.41) is 14.1. The van der Waals surface area contributed by atoms with Crippen LogP contribution in [0.25, 0.3) is 0 Å². The van der Waals surface area contributed by atoms with Crippen LogP contribution < -0.4 is 10.6 Å². The van der Waals surface area contributed by atoms with Crippen LogP contribution in [0.15, 0.2) is 48.5 Å². The van der Waals surface area contributed by atoms with E-state index in [2.05, 4.69) is 16.7 Å². The van der Waals surface area contributed by atoms with E-state index in [1.807, 2.05) is 0 Å². The van der Waals surface area contributed by atoms with Gasteiger partial charge in [-0.1, -0.05) is 18.2 Å². The van der Waals surface area contributed by atoms with Crippen LogP contribution in [-0.2, 0) is 11.2 Å². The van der Waals surface area contributed by atoms with Gasteiger partial charge >= 0.3 is 0 Å². The Bertz CT molecular complexity index is 662. The van der Waals surface area contributed by atoms with Crippen molar-refractivity contribution < 1.29 is 9.18 Å². The normalized spacial score (nSPS) is 9.71. The van der Waals surface area contributed by atoms with E-state index in [0.29, 0.717) is 17.8 Å². The fraction of sp³-hybridized carbons (Fsp3) is 0.125. The van der Waals surface area contributed by atoms with Crippen LogP contribution in [-0.4, -0.2) is 12.5 Å². The Hall–Kier alpha value is -2.87. The molecule has 2 N–H and O–H groups in total. The van der Waals surface area contributed by atoms with Crippen LogP contribution in [0.1, 0.15) is 5.56 Å². The predicted octanol–water partition coefficient (Wildman–Crippen LogP) is 2.94. The smallest absolute Gasteiger partial charge is 0.243 e. The van der Waals surface area contributed by atoms with Crippen LogP contribution in [0.3, 0.4) is 0 Å². The third-order valence-corrected chi connectivity index (χ3v) is 2.80. The Labute approximate surface area is 122 Å². The quantitative estimate of drug-likeness (QED) is 0.886. The van der Waals surface area contributed by atoms with Crippen molar-refractivity contribution in [1.29, 1.82) is 5.26 Å². The van der Waals surface area contributed by atoms with Crippen LogP contribution in [0.5, 0.6) is 0 Å². The molecule has 2 aromatic carbocycles. The Morgan fingerprint density at radius 3 is 2.57 bits per heavy atom. The minimum absolute atomic E-state index is 0.0450. The van der Waals surface area contributed by atoms with Crippen LogP contribution in [0.4, 0.5) is 15.8 Å². The summed E-state index contributed by atoms with van der Waals surface area (Å²) in [5.74, 6) is -0.583. The lowest BCUT2D eigenvalue weighted by Crippen LogP contribution is -2.21. The Morgan fingerprint density at radius 1 is 1.14 bits per heavy atom. The molecule has 0 atom stereocenters. The van der Waals surface area contributed by atoms with Gasteiger partial charge in [0, 0.05) is 11.4 Å². The first-order valence-corrected chi connectivity index (χ1v) is 6.42. The fourth-order valence-electron chi connectivity index (χ4n) is 1.78. The van der Waals surface area contributed by atoms with E-state index in [-0.39, 0.29) is 18.3 Å². The molecule has 0 aromatic heterocycles. The summed E-state index contributed by atoms with van der Waals surface area (Å²) in [6.45, 7) is 0.0450. The molecule has 0 fully saturated rings. The summed E-state index contributed by atoms with van der Waals surface area (Å²) in [6.07, 6.45) is 0.343. The maximum Gasteiger partial charge on any atom is 0.243 e. The van der Waals surface area contributed by atoms with E-state index in [1.165, 1.54) is 12.1 Å². The average Bonchev–Trinajstić information content (AvgIpc) is 2.48. The topological polar surface area (TPSA) is 64.9 Å². The number of amides is 1. The zero-order valence-corrected chi connectivity index (χ0v) is 11.3. The Kier molecular flexibility index (Phi) is 4.89. The van der Waals surface area contributed by atoms with Gasteiger partial charge in [-0.2, -0.15) is 5.26 Å². The van der Waals surface area contributed by atoms with E-state index in [0.717, 1.165) is 5.56 Å². The van der Waals surface area contributed by atoms with Gasteiger partial charge in [0.15, 0.2) is 0 Å². The molecule has 0 aliphatic heterocycles. The SMILES string of the molecule is N#CCc1ccc(NC(=O)CNc2cccc(F)c2)cc1. The second-order valence-electron chi connectivity index (χ2n) is 4.44. The minimum Gasteiger partial charge on any atom is -0.376 e. The summed E-state index contributed by atoms with van der Waals surface area (Å²) < 4.78 is 13.0. The van der Waals surface area contributed by atoms with Gasteiger partial charge in [-0.3, -0.25) is 4.79 Å². The van der Waals surface area contributed by atoms with E-state index >= 15 is 0 Å². The molecule has 5 heteroatoms. The number of rotatable bonds is 5. The lowest BCUT2D eigenvalue weighted by Gasteiger charge is -2.08. The second kappa shape index (κ2) is 7.06. The highest BCUT2D eigenvalue weighted by atomic mass is 19.1. The summed E-state index contributed by atoms with van der Waals surface area (Å²) in [5.41, 5.74) is 2.10. The molecule has 0 aliphatic rings. The number of nitrogens with one attached hydrogen (secondary N) is 2. The standard InChI is InChI=1S/C16H14FN3O/c17-13-2-1-3-15(10-13)19-11-16(21)20-14-6-4-12(5-7-14)8-9-18/h1-7,10,19H,8,11H2,(H,20,21). The molecular formula is C16H14FN3O. The summed E-state index contributed by atoms with van der Waals surface area (Å²) in [4.78, 5) is 11.8. The zero-order chi connectivity index (χ0) is 15.1. The van der Waals surface area contributed by atoms with Crippen LogP contribution >= 0.6 is 0 Å². The van der Waals surface area contributed by atoms with Gasteiger partial charge in [-0.15, -0.1) is 0 Å². The van der Waals surface area contributed by atoms with Gasteiger partial charge in [-0.05, 0) is 35.9 Å². The molecule has 2 rings (SSSR count). The number of benzene rings is 2. The molecule has 0 bridgehead atoms. The molecule has 1 amide bonds. The molecule has 2 aromatic rings. The van der Waals surface area contributed by atoms with E-state index < -0.39 is 0 Å². The highest BCUT2D eigenvalue weighted by molar-refractivity contribution is 5.93. The Morgan fingerprint density at radius 2 is 1.90 bits per heavy atom. The van der Waals surface area contributed by atoms with Crippen molar-refractivity contribution >= 4 is 17.3 Å². The van der Waals surface area contributed by atoms with Gasteiger partial charge in [0.1, 0.15) is 5.82 Å². The first-order valence-electron chi connectivity index (χ1n) is 6.42. The predicted molar refractivity (Wildman–Crippen MR) is 79.3 cm³/mol. The first-order chi connectivity index (χ1) is 10.2. The van der Waals surface area contributed by atoms with E-state index in [4.69, 9.17) is 5.26 Å². The molecule has 0 saturated carbocycles. The lowest BCUT2D eigenvalue weighted by atomic mass is 10.1. The molecule has 0 aliphatic carbocycles. The molecular weight excluding hydrogens is 269 g/mol. The average molecular weight is 283 g/mol.